The third-order valence-electron chi connectivity index (χ3n) is 4.02. The molecule has 0 spiro atoms. The van der Waals surface area contributed by atoms with Crippen molar-refractivity contribution in [3.63, 3.8) is 0 Å². The topological polar surface area (TPSA) is 92.4 Å². The number of Topliss-reactive ketones (excluding diaryl/α,β-unsaturated/α-hetero) is 1. The first-order valence-electron chi connectivity index (χ1n) is 8.58. The zero-order valence-corrected chi connectivity index (χ0v) is 17.3. The SMILES string of the molecule is CC(C)(N)CC(C)(C)NC(=O)C(C)(C)CC(C)(C)C(=O)C(C)(C)O. The molecule has 0 aliphatic heterocycles. The number of carbonyl (C=O) groups excluding carboxylic acids is 2. The Labute approximate surface area is 147 Å². The smallest absolute Gasteiger partial charge is 0.226 e. The molecule has 0 fully saturated rings. The van der Waals surface area contributed by atoms with Crippen LogP contribution in [0.2, 0.25) is 0 Å². The Balaban J connectivity index is 5.19. The van der Waals surface area contributed by atoms with Crippen molar-refractivity contribution in [3.05, 3.63) is 0 Å². The lowest BCUT2D eigenvalue weighted by Crippen LogP contribution is -2.54. The Morgan fingerprint density at radius 3 is 1.58 bits per heavy atom. The van der Waals surface area contributed by atoms with E-state index in [2.05, 4.69) is 5.32 Å². The van der Waals surface area contributed by atoms with Crippen LogP contribution in [0.25, 0.3) is 0 Å². The van der Waals surface area contributed by atoms with Gasteiger partial charge in [-0.1, -0.05) is 27.7 Å². The van der Waals surface area contributed by atoms with Gasteiger partial charge in [0, 0.05) is 21.9 Å². The van der Waals surface area contributed by atoms with Crippen LogP contribution in [0.15, 0.2) is 0 Å². The number of aliphatic hydroxyl groups is 1. The molecule has 24 heavy (non-hydrogen) atoms. The van der Waals surface area contributed by atoms with E-state index in [1.165, 1.54) is 13.8 Å². The predicted octanol–water partition coefficient (Wildman–Crippen LogP) is 2.79. The van der Waals surface area contributed by atoms with Crippen molar-refractivity contribution in [2.75, 3.05) is 0 Å². The molecule has 0 aromatic heterocycles. The van der Waals surface area contributed by atoms with Crippen molar-refractivity contribution < 1.29 is 14.7 Å². The highest BCUT2D eigenvalue weighted by molar-refractivity contribution is 5.92. The summed E-state index contributed by atoms with van der Waals surface area (Å²) in [6, 6.07) is 0. The fourth-order valence-corrected chi connectivity index (χ4v) is 3.75. The Hall–Kier alpha value is -0.940. The zero-order valence-electron chi connectivity index (χ0n) is 17.3. The maximum Gasteiger partial charge on any atom is 0.226 e. The van der Waals surface area contributed by atoms with Crippen molar-refractivity contribution in [2.24, 2.45) is 16.6 Å². The van der Waals surface area contributed by atoms with Gasteiger partial charge in [-0.05, 0) is 54.4 Å². The second kappa shape index (κ2) is 6.75. The molecule has 0 radical (unpaired) electrons. The Morgan fingerprint density at radius 2 is 1.25 bits per heavy atom. The van der Waals surface area contributed by atoms with Crippen LogP contribution < -0.4 is 11.1 Å². The van der Waals surface area contributed by atoms with Gasteiger partial charge < -0.3 is 16.2 Å². The van der Waals surface area contributed by atoms with Crippen LogP contribution in [0, 0.1) is 10.8 Å². The minimum absolute atomic E-state index is 0.117. The fourth-order valence-electron chi connectivity index (χ4n) is 3.75. The van der Waals surface area contributed by atoms with Crippen LogP contribution in [-0.2, 0) is 9.59 Å². The van der Waals surface area contributed by atoms with Gasteiger partial charge in [-0.15, -0.1) is 0 Å². The van der Waals surface area contributed by atoms with Crippen LogP contribution in [0.3, 0.4) is 0 Å². The number of ketones is 1. The molecule has 0 unspecified atom stereocenters. The summed E-state index contributed by atoms with van der Waals surface area (Å²) in [5.74, 6) is -0.383. The maximum atomic E-state index is 12.8. The third-order valence-corrected chi connectivity index (χ3v) is 4.02. The van der Waals surface area contributed by atoms with Gasteiger partial charge in [0.2, 0.25) is 5.91 Å². The third kappa shape index (κ3) is 7.31. The lowest BCUT2D eigenvalue weighted by Gasteiger charge is -2.39. The number of nitrogens with one attached hydrogen (secondary N) is 1. The molecule has 0 aliphatic carbocycles. The van der Waals surface area contributed by atoms with Crippen LogP contribution in [-0.4, -0.2) is 33.5 Å². The first-order valence-corrected chi connectivity index (χ1v) is 8.58. The monoisotopic (exact) mass is 342 g/mol. The molecule has 4 N–H and O–H groups in total. The van der Waals surface area contributed by atoms with Crippen LogP contribution in [0.5, 0.6) is 0 Å². The van der Waals surface area contributed by atoms with Crippen LogP contribution in [0.4, 0.5) is 0 Å². The number of hydrogen-bond donors (Lipinski definition) is 3. The van der Waals surface area contributed by atoms with Crippen molar-refractivity contribution >= 4 is 11.7 Å². The molecule has 0 aromatic rings. The standard InChI is InChI=1S/C19H38N2O3/c1-15(2,13(22)19(9,10)24)11-16(3,4)14(23)21-18(7,8)12-17(5,6)20/h24H,11-12,20H2,1-10H3,(H,21,23). The van der Waals surface area contributed by atoms with E-state index in [0.717, 1.165) is 0 Å². The summed E-state index contributed by atoms with van der Waals surface area (Å²) in [7, 11) is 0. The molecule has 0 saturated carbocycles. The number of rotatable bonds is 8. The minimum Gasteiger partial charge on any atom is -0.383 e. The molecule has 0 heterocycles. The van der Waals surface area contributed by atoms with Gasteiger partial charge in [0.1, 0.15) is 5.60 Å². The molecule has 0 atom stereocenters. The minimum atomic E-state index is -1.42. The number of carbonyl (C=O) groups is 2. The van der Waals surface area contributed by atoms with Gasteiger partial charge in [-0.3, -0.25) is 9.59 Å². The lowest BCUT2D eigenvalue weighted by molar-refractivity contribution is -0.146. The first-order chi connectivity index (χ1) is 10.2. The highest BCUT2D eigenvalue weighted by Crippen LogP contribution is 2.37. The molecule has 1 amide bonds. The lowest BCUT2D eigenvalue weighted by atomic mass is 9.69. The molecule has 0 aliphatic rings. The van der Waals surface area contributed by atoms with E-state index in [0.29, 0.717) is 12.8 Å². The Kier molecular flexibility index (Phi) is 6.49. The predicted molar refractivity (Wildman–Crippen MR) is 98.6 cm³/mol. The molecular formula is C19H38N2O3. The van der Waals surface area contributed by atoms with Gasteiger partial charge in [0.15, 0.2) is 5.78 Å². The quantitative estimate of drug-likeness (QED) is 0.632. The first kappa shape index (κ1) is 23.1. The highest BCUT2D eigenvalue weighted by Gasteiger charge is 2.44. The van der Waals surface area contributed by atoms with E-state index in [4.69, 9.17) is 5.73 Å². The Bertz CT molecular complexity index is 478. The summed E-state index contributed by atoms with van der Waals surface area (Å²) < 4.78 is 0. The summed E-state index contributed by atoms with van der Waals surface area (Å²) in [5.41, 5.74) is 2.26. The molecule has 0 saturated heterocycles. The van der Waals surface area contributed by atoms with E-state index < -0.39 is 27.5 Å². The van der Waals surface area contributed by atoms with E-state index in [1.54, 1.807) is 13.8 Å². The van der Waals surface area contributed by atoms with Crippen molar-refractivity contribution in [2.45, 2.75) is 98.8 Å². The molecule has 0 rings (SSSR count). The molecule has 5 nitrogen and oxygen atoms in total. The largest absolute Gasteiger partial charge is 0.383 e. The van der Waals surface area contributed by atoms with E-state index in [-0.39, 0.29) is 11.7 Å². The van der Waals surface area contributed by atoms with Crippen molar-refractivity contribution in [3.8, 4) is 0 Å². The van der Waals surface area contributed by atoms with Crippen molar-refractivity contribution in [1.29, 1.82) is 0 Å². The normalized spacial score (nSPS) is 14.5. The highest BCUT2D eigenvalue weighted by atomic mass is 16.3. The second-order valence-electron chi connectivity index (χ2n) is 10.3. The fraction of sp³-hybridized carbons (Fsp3) is 0.895. The van der Waals surface area contributed by atoms with E-state index in [9.17, 15) is 14.7 Å². The summed E-state index contributed by atoms with van der Waals surface area (Å²) in [5, 5.41) is 13.1. The van der Waals surface area contributed by atoms with Gasteiger partial charge in [0.25, 0.3) is 0 Å². The van der Waals surface area contributed by atoms with E-state index >= 15 is 0 Å². The van der Waals surface area contributed by atoms with Crippen LogP contribution >= 0.6 is 0 Å². The molecule has 0 aromatic carbocycles. The Morgan fingerprint density at radius 1 is 0.833 bits per heavy atom. The van der Waals surface area contributed by atoms with Crippen molar-refractivity contribution in [1.82, 2.24) is 5.32 Å². The maximum absolute atomic E-state index is 12.8. The van der Waals surface area contributed by atoms with Gasteiger partial charge >= 0.3 is 0 Å². The van der Waals surface area contributed by atoms with Gasteiger partial charge in [-0.25, -0.2) is 0 Å². The van der Waals surface area contributed by atoms with Gasteiger partial charge in [0.05, 0.1) is 0 Å². The summed E-state index contributed by atoms with van der Waals surface area (Å²) >= 11 is 0. The molecule has 5 heteroatoms. The summed E-state index contributed by atoms with van der Waals surface area (Å²) in [6.45, 7) is 17.9. The summed E-state index contributed by atoms with van der Waals surface area (Å²) in [4.78, 5) is 25.3. The number of nitrogens with two attached hydrogens (primary N) is 1. The second-order valence-corrected chi connectivity index (χ2v) is 10.3. The van der Waals surface area contributed by atoms with Crippen LogP contribution in [0.1, 0.15) is 82.1 Å². The average Bonchev–Trinajstić information content (AvgIpc) is 2.20. The number of amides is 1. The van der Waals surface area contributed by atoms with Gasteiger partial charge in [-0.2, -0.15) is 0 Å². The summed E-state index contributed by atoms with van der Waals surface area (Å²) in [6.07, 6.45) is 0.977. The number of hydrogen-bond acceptors (Lipinski definition) is 4. The van der Waals surface area contributed by atoms with E-state index in [1.807, 2.05) is 41.5 Å². The average molecular weight is 343 g/mol. The zero-order chi connectivity index (χ0) is 19.8. The molecule has 0 bridgehead atoms. The molecular weight excluding hydrogens is 304 g/mol. The molecule has 142 valence electrons.